The van der Waals surface area contributed by atoms with Crippen LogP contribution in [0.5, 0.6) is 0 Å². The van der Waals surface area contributed by atoms with Gasteiger partial charge in [-0.2, -0.15) is 5.26 Å². The maximum atomic E-state index is 12.0. The van der Waals surface area contributed by atoms with Gasteiger partial charge in [-0.3, -0.25) is 4.79 Å². The summed E-state index contributed by atoms with van der Waals surface area (Å²) in [6.07, 6.45) is 2.83. The van der Waals surface area contributed by atoms with Crippen LogP contribution in [0.15, 0.2) is 78.9 Å². The minimum atomic E-state index is -0.901. The second-order valence-electron chi connectivity index (χ2n) is 5.62. The molecule has 0 heterocycles. The van der Waals surface area contributed by atoms with Crippen molar-refractivity contribution >= 4 is 22.8 Å². The third-order valence-corrected chi connectivity index (χ3v) is 3.84. The number of carbonyl (C=O) groups excluding carboxylic acids is 1. The molecule has 0 aliphatic rings. The van der Waals surface area contributed by atoms with Crippen LogP contribution in [0.1, 0.15) is 23.7 Å². The van der Waals surface area contributed by atoms with Gasteiger partial charge in [-0.1, -0.05) is 78.9 Å². The fraction of sp³-hybridized carbons (Fsp3) is 0.0909. The predicted octanol–water partition coefficient (Wildman–Crippen LogP) is 5.05. The van der Waals surface area contributed by atoms with Crippen LogP contribution < -0.4 is 0 Å². The van der Waals surface area contributed by atoms with Crippen molar-refractivity contribution in [3.63, 3.8) is 0 Å². The Kier molecular flexibility index (Phi) is 5.23. The van der Waals surface area contributed by atoms with Crippen molar-refractivity contribution in [1.82, 2.24) is 0 Å². The van der Waals surface area contributed by atoms with E-state index < -0.39 is 12.1 Å². The first-order chi connectivity index (χ1) is 12.3. The first-order valence-electron chi connectivity index (χ1n) is 8.05. The number of benzene rings is 3. The van der Waals surface area contributed by atoms with E-state index in [1.807, 2.05) is 78.9 Å². The Morgan fingerprint density at radius 1 is 1.00 bits per heavy atom. The molecule has 3 aromatic carbocycles. The molecule has 3 heteroatoms. The number of nitriles is 1. The average Bonchev–Trinajstić information content (AvgIpc) is 2.66. The van der Waals surface area contributed by atoms with Gasteiger partial charge in [0.1, 0.15) is 6.07 Å². The molecule has 0 saturated carbocycles. The highest BCUT2D eigenvalue weighted by atomic mass is 16.5. The van der Waals surface area contributed by atoms with E-state index in [0.29, 0.717) is 5.56 Å². The smallest absolute Gasteiger partial charge is 0.311 e. The summed E-state index contributed by atoms with van der Waals surface area (Å²) in [7, 11) is 0. The first kappa shape index (κ1) is 16.5. The number of carbonyl (C=O) groups is 1. The number of fused-ring (bicyclic) bond motifs is 1. The van der Waals surface area contributed by atoms with Gasteiger partial charge in [-0.15, -0.1) is 0 Å². The Bertz CT molecular complexity index is 939. The van der Waals surface area contributed by atoms with Crippen molar-refractivity contribution < 1.29 is 9.53 Å². The number of ether oxygens (including phenoxy) is 1. The Labute approximate surface area is 146 Å². The lowest BCUT2D eigenvalue weighted by molar-refractivity contribution is -0.145. The molecule has 0 N–H and O–H groups in total. The summed E-state index contributed by atoms with van der Waals surface area (Å²) < 4.78 is 5.32. The molecular weight excluding hydrogens is 310 g/mol. The molecule has 0 radical (unpaired) electrons. The van der Waals surface area contributed by atoms with Crippen LogP contribution in [0.2, 0.25) is 0 Å². The van der Waals surface area contributed by atoms with Crippen LogP contribution in [0.4, 0.5) is 0 Å². The molecule has 3 nitrogen and oxygen atoms in total. The number of esters is 1. The molecule has 25 heavy (non-hydrogen) atoms. The van der Waals surface area contributed by atoms with Crippen LogP contribution in [0, 0.1) is 11.3 Å². The summed E-state index contributed by atoms with van der Waals surface area (Å²) in [4.78, 5) is 12.0. The van der Waals surface area contributed by atoms with Crippen LogP contribution in [-0.4, -0.2) is 5.97 Å². The van der Waals surface area contributed by atoms with Gasteiger partial charge in [0, 0.05) is 5.56 Å². The number of hydrogen-bond donors (Lipinski definition) is 0. The largest absolute Gasteiger partial charge is 0.442 e. The molecule has 3 rings (SSSR count). The highest BCUT2D eigenvalue weighted by molar-refractivity contribution is 5.83. The zero-order valence-corrected chi connectivity index (χ0v) is 13.6. The standard InChI is InChI=1S/C22H17NO2/c23-16-21(20-14-13-18-10-4-5-11-19(18)15-20)25-22(24)12-6-9-17-7-2-1-3-8-17/h1-11,13-15,21H,12H2/b9-6+. The van der Waals surface area contributed by atoms with Gasteiger partial charge < -0.3 is 4.74 Å². The summed E-state index contributed by atoms with van der Waals surface area (Å²) in [5, 5.41) is 11.5. The minimum absolute atomic E-state index is 0.126. The first-order valence-corrected chi connectivity index (χ1v) is 8.05. The quantitative estimate of drug-likeness (QED) is 0.616. The van der Waals surface area contributed by atoms with E-state index in [1.165, 1.54) is 0 Å². The highest BCUT2D eigenvalue weighted by Gasteiger charge is 2.15. The van der Waals surface area contributed by atoms with Crippen molar-refractivity contribution in [3.8, 4) is 6.07 Å². The number of nitrogens with zero attached hydrogens (tertiary/aromatic N) is 1. The molecule has 122 valence electrons. The lowest BCUT2D eigenvalue weighted by atomic mass is 10.0. The van der Waals surface area contributed by atoms with Gasteiger partial charge in [0.2, 0.25) is 6.10 Å². The van der Waals surface area contributed by atoms with Crippen molar-refractivity contribution in [2.24, 2.45) is 0 Å². The molecule has 0 aromatic heterocycles. The molecule has 0 fully saturated rings. The zero-order chi connectivity index (χ0) is 17.5. The summed E-state index contributed by atoms with van der Waals surface area (Å²) >= 11 is 0. The summed E-state index contributed by atoms with van der Waals surface area (Å²) in [5.74, 6) is -0.424. The maximum absolute atomic E-state index is 12.0. The predicted molar refractivity (Wildman–Crippen MR) is 98.5 cm³/mol. The summed E-state index contributed by atoms with van der Waals surface area (Å²) in [5.41, 5.74) is 1.70. The van der Waals surface area contributed by atoms with Crippen molar-refractivity contribution in [2.75, 3.05) is 0 Å². The van der Waals surface area contributed by atoms with E-state index in [-0.39, 0.29) is 6.42 Å². The fourth-order valence-electron chi connectivity index (χ4n) is 2.57. The average molecular weight is 327 g/mol. The van der Waals surface area contributed by atoms with Crippen molar-refractivity contribution in [2.45, 2.75) is 12.5 Å². The monoisotopic (exact) mass is 327 g/mol. The van der Waals surface area contributed by atoms with Crippen LogP contribution in [0.3, 0.4) is 0 Å². The second kappa shape index (κ2) is 7.94. The highest BCUT2D eigenvalue weighted by Crippen LogP contribution is 2.23. The van der Waals surface area contributed by atoms with E-state index in [9.17, 15) is 10.1 Å². The van der Waals surface area contributed by atoms with Gasteiger partial charge in [-0.25, -0.2) is 0 Å². The Hall–Kier alpha value is -3.38. The van der Waals surface area contributed by atoms with Gasteiger partial charge >= 0.3 is 5.97 Å². The Morgan fingerprint density at radius 2 is 1.72 bits per heavy atom. The summed E-state index contributed by atoms with van der Waals surface area (Å²) in [6.45, 7) is 0. The topological polar surface area (TPSA) is 50.1 Å². The molecule has 0 aliphatic carbocycles. The molecule has 0 aliphatic heterocycles. The normalized spacial score (nSPS) is 12.0. The molecule has 1 unspecified atom stereocenters. The van der Waals surface area contributed by atoms with Gasteiger partial charge in [0.25, 0.3) is 0 Å². The molecule has 0 amide bonds. The molecule has 0 saturated heterocycles. The van der Waals surface area contributed by atoms with Gasteiger partial charge in [0.15, 0.2) is 0 Å². The molecule has 0 spiro atoms. The van der Waals surface area contributed by atoms with Crippen LogP contribution in [-0.2, 0) is 9.53 Å². The Balaban J connectivity index is 1.65. The SMILES string of the molecule is N#CC(OC(=O)C/C=C/c1ccccc1)c1ccc2ccccc2c1. The number of rotatable bonds is 5. The number of hydrogen-bond acceptors (Lipinski definition) is 3. The maximum Gasteiger partial charge on any atom is 0.311 e. The third kappa shape index (κ3) is 4.33. The fourth-order valence-corrected chi connectivity index (χ4v) is 2.57. The van der Waals surface area contributed by atoms with Gasteiger partial charge in [-0.05, 0) is 22.4 Å². The molecule has 0 bridgehead atoms. The van der Waals surface area contributed by atoms with Gasteiger partial charge in [0.05, 0.1) is 6.42 Å². The second-order valence-corrected chi connectivity index (χ2v) is 5.62. The van der Waals surface area contributed by atoms with E-state index in [0.717, 1.165) is 16.3 Å². The molecule has 3 aromatic rings. The van der Waals surface area contributed by atoms with E-state index in [1.54, 1.807) is 6.08 Å². The zero-order valence-electron chi connectivity index (χ0n) is 13.6. The van der Waals surface area contributed by atoms with Crippen molar-refractivity contribution in [3.05, 3.63) is 90.0 Å². The molecule has 1 atom stereocenters. The van der Waals surface area contributed by atoms with Crippen molar-refractivity contribution in [1.29, 1.82) is 5.26 Å². The third-order valence-electron chi connectivity index (χ3n) is 3.84. The van der Waals surface area contributed by atoms with E-state index in [2.05, 4.69) is 6.07 Å². The van der Waals surface area contributed by atoms with E-state index in [4.69, 9.17) is 4.74 Å². The lowest BCUT2D eigenvalue weighted by Gasteiger charge is -2.11. The minimum Gasteiger partial charge on any atom is -0.442 e. The summed E-state index contributed by atoms with van der Waals surface area (Å²) in [6, 6.07) is 25.3. The van der Waals surface area contributed by atoms with E-state index >= 15 is 0 Å². The Morgan fingerprint density at radius 3 is 2.48 bits per heavy atom. The molecular formula is C22H17NO2. The lowest BCUT2D eigenvalue weighted by Crippen LogP contribution is -2.09. The van der Waals surface area contributed by atoms with Crippen LogP contribution >= 0.6 is 0 Å². The van der Waals surface area contributed by atoms with Crippen LogP contribution in [0.25, 0.3) is 16.8 Å².